The summed E-state index contributed by atoms with van der Waals surface area (Å²) in [6.07, 6.45) is 3.49. The van der Waals surface area contributed by atoms with Crippen molar-refractivity contribution in [2.75, 3.05) is 0 Å². The molecule has 3 nitrogen and oxygen atoms in total. The maximum Gasteiger partial charge on any atom is 0.254 e. The Hall–Kier alpha value is -0.610. The van der Waals surface area contributed by atoms with E-state index in [1.807, 2.05) is 13.8 Å². The number of rotatable bonds is 4. The van der Waals surface area contributed by atoms with Crippen LogP contribution in [-0.2, 0) is 0 Å². The van der Waals surface area contributed by atoms with Crippen LogP contribution in [0.4, 0.5) is 0 Å². The first-order valence-electron chi connectivity index (χ1n) is 5.49. The van der Waals surface area contributed by atoms with Crippen LogP contribution >= 0.6 is 27.5 Å². The number of nitrogens with zero attached hydrogens (tertiary/aromatic N) is 1. The van der Waals surface area contributed by atoms with Gasteiger partial charge in [-0.1, -0.05) is 24.9 Å². The fourth-order valence-corrected chi connectivity index (χ4v) is 2.16. The molecule has 0 spiro atoms. The topological polar surface area (TPSA) is 42.0 Å². The van der Waals surface area contributed by atoms with Gasteiger partial charge in [0, 0.05) is 16.2 Å². The molecule has 0 saturated heterocycles. The van der Waals surface area contributed by atoms with Crippen molar-refractivity contribution in [2.45, 2.75) is 39.2 Å². The molecule has 1 N–H and O–H groups in total. The van der Waals surface area contributed by atoms with Crippen molar-refractivity contribution in [3.63, 3.8) is 0 Å². The lowest BCUT2D eigenvalue weighted by atomic mass is 9.98. The molecule has 94 valence electrons. The van der Waals surface area contributed by atoms with Crippen molar-refractivity contribution >= 4 is 33.4 Å². The predicted molar refractivity (Wildman–Crippen MR) is 73.4 cm³/mol. The van der Waals surface area contributed by atoms with Crippen LogP contribution in [0.25, 0.3) is 0 Å². The monoisotopic (exact) mass is 318 g/mol. The Balaban J connectivity index is 2.86. The van der Waals surface area contributed by atoms with Crippen molar-refractivity contribution in [3.8, 4) is 0 Å². The summed E-state index contributed by atoms with van der Waals surface area (Å²) in [4.78, 5) is 16.0. The third-order valence-electron chi connectivity index (χ3n) is 2.38. The summed E-state index contributed by atoms with van der Waals surface area (Å²) in [5.41, 5.74) is 0.155. The van der Waals surface area contributed by atoms with E-state index < -0.39 is 0 Å². The minimum atomic E-state index is -0.239. The maximum atomic E-state index is 12.1. The average Bonchev–Trinajstić information content (AvgIpc) is 2.20. The number of carbonyl (C=O) groups excluding carboxylic acids is 1. The van der Waals surface area contributed by atoms with E-state index in [9.17, 15) is 4.79 Å². The molecule has 0 bridgehead atoms. The Labute approximate surface area is 115 Å². The van der Waals surface area contributed by atoms with Gasteiger partial charge in [-0.05, 0) is 42.3 Å². The van der Waals surface area contributed by atoms with Gasteiger partial charge in [0.2, 0.25) is 0 Å². The maximum absolute atomic E-state index is 12.1. The molecule has 5 heteroatoms. The molecule has 0 aliphatic carbocycles. The van der Waals surface area contributed by atoms with Gasteiger partial charge in [-0.25, -0.2) is 4.98 Å². The normalized spacial score (nSPS) is 11.4. The number of pyridine rings is 1. The van der Waals surface area contributed by atoms with Crippen molar-refractivity contribution in [2.24, 2.45) is 0 Å². The smallest absolute Gasteiger partial charge is 0.254 e. The molecule has 0 saturated carbocycles. The molecule has 0 aliphatic heterocycles. The fraction of sp³-hybridized carbons (Fsp3) is 0.500. The standard InChI is InChI=1S/C12H16BrClN2O/c1-4-5-12(2,3)16-11(17)9-6-8(13)7-15-10(9)14/h6-7H,4-5H2,1-3H3,(H,16,17). The van der Waals surface area contributed by atoms with Crippen molar-refractivity contribution in [1.82, 2.24) is 10.3 Å². The quantitative estimate of drug-likeness (QED) is 0.858. The first kappa shape index (κ1) is 14.5. The van der Waals surface area contributed by atoms with Gasteiger partial charge in [0.15, 0.2) is 0 Å². The largest absolute Gasteiger partial charge is 0.347 e. The molecule has 17 heavy (non-hydrogen) atoms. The SMILES string of the molecule is CCCC(C)(C)NC(=O)c1cc(Br)cnc1Cl. The number of amides is 1. The molecule has 1 heterocycles. The van der Waals surface area contributed by atoms with E-state index in [1.54, 1.807) is 12.3 Å². The molecule has 0 unspecified atom stereocenters. The summed E-state index contributed by atoms with van der Waals surface area (Å²) < 4.78 is 0.736. The van der Waals surface area contributed by atoms with Crippen molar-refractivity contribution in [1.29, 1.82) is 0 Å². The third kappa shape index (κ3) is 4.28. The van der Waals surface area contributed by atoms with E-state index in [0.717, 1.165) is 17.3 Å². The highest BCUT2D eigenvalue weighted by Crippen LogP contribution is 2.19. The summed E-state index contributed by atoms with van der Waals surface area (Å²) in [6.45, 7) is 6.07. The van der Waals surface area contributed by atoms with Gasteiger partial charge in [-0.2, -0.15) is 0 Å². The van der Waals surface area contributed by atoms with Gasteiger partial charge >= 0.3 is 0 Å². The van der Waals surface area contributed by atoms with E-state index in [-0.39, 0.29) is 16.6 Å². The molecule has 0 atom stereocenters. The minimum Gasteiger partial charge on any atom is -0.347 e. The number of hydrogen-bond donors (Lipinski definition) is 1. The summed E-state index contributed by atoms with van der Waals surface area (Å²) >= 11 is 9.18. The number of nitrogens with one attached hydrogen (secondary N) is 1. The lowest BCUT2D eigenvalue weighted by molar-refractivity contribution is 0.0909. The van der Waals surface area contributed by atoms with E-state index >= 15 is 0 Å². The number of carbonyl (C=O) groups is 1. The molecule has 0 radical (unpaired) electrons. The van der Waals surface area contributed by atoms with Gasteiger partial charge in [-0.15, -0.1) is 0 Å². The van der Waals surface area contributed by atoms with E-state index in [0.29, 0.717) is 5.56 Å². The van der Waals surface area contributed by atoms with Crippen LogP contribution in [0.15, 0.2) is 16.7 Å². The first-order chi connectivity index (χ1) is 7.85. The van der Waals surface area contributed by atoms with Crippen LogP contribution in [0.1, 0.15) is 44.0 Å². The van der Waals surface area contributed by atoms with E-state index in [2.05, 4.69) is 33.2 Å². The molecule has 0 aromatic carbocycles. The van der Waals surface area contributed by atoms with Crippen LogP contribution in [-0.4, -0.2) is 16.4 Å². The second kappa shape index (κ2) is 5.83. The van der Waals surface area contributed by atoms with Crippen molar-refractivity contribution in [3.05, 3.63) is 27.5 Å². The van der Waals surface area contributed by atoms with Crippen LogP contribution in [0, 0.1) is 0 Å². The Kier molecular flexibility index (Phi) is 4.95. The molecule has 0 aliphatic rings. The van der Waals surface area contributed by atoms with Gasteiger partial charge in [-0.3, -0.25) is 4.79 Å². The van der Waals surface area contributed by atoms with E-state index in [1.165, 1.54) is 0 Å². The molecular formula is C12H16BrClN2O. The predicted octanol–water partition coefficient (Wildman–Crippen LogP) is 3.81. The van der Waals surface area contributed by atoms with Crippen LogP contribution in [0.5, 0.6) is 0 Å². The van der Waals surface area contributed by atoms with E-state index in [4.69, 9.17) is 11.6 Å². The number of halogens is 2. The zero-order chi connectivity index (χ0) is 13.1. The highest BCUT2D eigenvalue weighted by molar-refractivity contribution is 9.10. The number of aromatic nitrogens is 1. The molecule has 1 aromatic heterocycles. The lowest BCUT2D eigenvalue weighted by Crippen LogP contribution is -2.43. The summed E-state index contributed by atoms with van der Waals surface area (Å²) in [7, 11) is 0. The molecule has 1 amide bonds. The molecule has 1 rings (SSSR count). The second-order valence-corrected chi connectivity index (χ2v) is 5.85. The second-order valence-electron chi connectivity index (χ2n) is 4.58. The minimum absolute atomic E-state index is 0.192. The zero-order valence-electron chi connectivity index (χ0n) is 10.2. The van der Waals surface area contributed by atoms with Crippen LogP contribution in [0.2, 0.25) is 5.15 Å². The van der Waals surface area contributed by atoms with Gasteiger partial charge in [0.05, 0.1) is 5.56 Å². The Bertz CT molecular complexity index is 421. The van der Waals surface area contributed by atoms with Crippen LogP contribution in [0.3, 0.4) is 0 Å². The van der Waals surface area contributed by atoms with Gasteiger partial charge < -0.3 is 5.32 Å². The zero-order valence-corrected chi connectivity index (χ0v) is 12.5. The van der Waals surface area contributed by atoms with Gasteiger partial charge in [0.1, 0.15) is 5.15 Å². The molecule has 1 aromatic rings. The number of hydrogen-bond acceptors (Lipinski definition) is 2. The highest BCUT2D eigenvalue weighted by atomic mass is 79.9. The van der Waals surface area contributed by atoms with Crippen molar-refractivity contribution < 1.29 is 4.79 Å². The Morgan fingerprint density at radius 2 is 2.24 bits per heavy atom. The molecular weight excluding hydrogens is 304 g/mol. The third-order valence-corrected chi connectivity index (χ3v) is 3.11. The van der Waals surface area contributed by atoms with Crippen LogP contribution < -0.4 is 5.32 Å². The fourth-order valence-electron chi connectivity index (χ4n) is 1.64. The summed E-state index contributed by atoms with van der Waals surface area (Å²) in [5.74, 6) is -0.192. The highest BCUT2D eigenvalue weighted by Gasteiger charge is 2.21. The summed E-state index contributed by atoms with van der Waals surface area (Å²) in [5, 5.41) is 3.18. The lowest BCUT2D eigenvalue weighted by Gasteiger charge is -2.25. The Morgan fingerprint density at radius 3 is 2.82 bits per heavy atom. The molecule has 0 fully saturated rings. The first-order valence-corrected chi connectivity index (χ1v) is 6.66. The summed E-state index contributed by atoms with van der Waals surface area (Å²) in [6, 6.07) is 1.67. The Morgan fingerprint density at radius 1 is 1.59 bits per heavy atom. The average molecular weight is 320 g/mol. The van der Waals surface area contributed by atoms with Gasteiger partial charge in [0.25, 0.3) is 5.91 Å².